The molecule has 17 heavy (non-hydrogen) atoms. The maximum Gasteiger partial charge on any atom is 0.0665 e. The predicted molar refractivity (Wildman–Crippen MR) is 67.6 cm³/mol. The van der Waals surface area contributed by atoms with Gasteiger partial charge in [0.2, 0.25) is 0 Å². The summed E-state index contributed by atoms with van der Waals surface area (Å²) >= 11 is 0. The van der Waals surface area contributed by atoms with E-state index in [-0.39, 0.29) is 0 Å². The zero-order valence-corrected chi connectivity index (χ0v) is 11.1. The number of hydrogen-bond donors (Lipinski definition) is 4. The van der Waals surface area contributed by atoms with Crippen LogP contribution in [0, 0.1) is 11.3 Å². The van der Waals surface area contributed by atoms with Crippen molar-refractivity contribution in [1.29, 1.82) is 0 Å². The monoisotopic (exact) mass is 248 g/mol. The van der Waals surface area contributed by atoms with E-state index < -0.39 is 31.3 Å². The fourth-order valence-corrected chi connectivity index (χ4v) is 2.01. The van der Waals surface area contributed by atoms with Crippen molar-refractivity contribution in [1.82, 2.24) is 0 Å². The van der Waals surface area contributed by atoms with Gasteiger partial charge < -0.3 is 20.4 Å². The van der Waals surface area contributed by atoms with Crippen molar-refractivity contribution in [2.45, 2.75) is 52.1 Å². The maximum absolute atomic E-state index is 10.1. The summed E-state index contributed by atoms with van der Waals surface area (Å²) < 4.78 is 0. The van der Waals surface area contributed by atoms with Gasteiger partial charge in [0.25, 0.3) is 0 Å². The third kappa shape index (κ3) is 4.92. The van der Waals surface area contributed by atoms with E-state index in [1.165, 1.54) is 0 Å². The Hall–Kier alpha value is -0.160. The van der Waals surface area contributed by atoms with Crippen LogP contribution in [0.25, 0.3) is 0 Å². The Labute approximate surface area is 104 Å². The van der Waals surface area contributed by atoms with Crippen LogP contribution in [0.15, 0.2) is 0 Å². The molecule has 0 rings (SSSR count). The molecule has 2 unspecified atom stereocenters. The minimum atomic E-state index is -1.17. The largest absolute Gasteiger partial charge is 0.396 e. The van der Waals surface area contributed by atoms with E-state index in [1.807, 2.05) is 0 Å². The molecule has 0 heterocycles. The zero-order valence-electron chi connectivity index (χ0n) is 11.1. The van der Waals surface area contributed by atoms with E-state index in [0.717, 1.165) is 25.7 Å². The summed E-state index contributed by atoms with van der Waals surface area (Å²) in [7, 11) is 0. The summed E-state index contributed by atoms with van der Waals surface area (Å²) in [6.07, 6.45) is 3.92. The Bertz CT molecular complexity index is 172. The molecule has 0 saturated heterocycles. The van der Waals surface area contributed by atoms with Crippen LogP contribution in [-0.2, 0) is 0 Å². The summed E-state index contributed by atoms with van der Waals surface area (Å²) in [6, 6.07) is 0. The molecule has 4 N–H and O–H groups in total. The number of rotatable bonds is 10. The second-order valence-electron chi connectivity index (χ2n) is 5.00. The Kier molecular flexibility index (Phi) is 8.78. The topological polar surface area (TPSA) is 80.9 Å². The van der Waals surface area contributed by atoms with Gasteiger partial charge in [-0.15, -0.1) is 0 Å². The first kappa shape index (κ1) is 16.8. The number of unbranched alkanes of at least 4 members (excludes halogenated alkanes) is 1. The molecule has 0 aliphatic heterocycles. The lowest BCUT2D eigenvalue weighted by molar-refractivity contribution is -0.0912. The maximum atomic E-state index is 10.1. The fourth-order valence-electron chi connectivity index (χ4n) is 2.01. The molecule has 0 amide bonds. The SMILES string of the molecule is CCCCC(CC)CC(O)C(CO)(CO)CO. The third-order valence-electron chi connectivity index (χ3n) is 3.75. The second-order valence-corrected chi connectivity index (χ2v) is 5.00. The van der Waals surface area contributed by atoms with Crippen LogP contribution in [0.1, 0.15) is 46.0 Å². The van der Waals surface area contributed by atoms with Gasteiger partial charge in [-0.05, 0) is 12.3 Å². The highest BCUT2D eigenvalue weighted by Gasteiger charge is 2.37. The predicted octanol–water partition coefficient (Wildman–Crippen LogP) is 0.917. The highest BCUT2D eigenvalue weighted by atomic mass is 16.3. The van der Waals surface area contributed by atoms with Crippen molar-refractivity contribution < 1.29 is 20.4 Å². The van der Waals surface area contributed by atoms with Crippen molar-refractivity contribution in [2.24, 2.45) is 11.3 Å². The fraction of sp³-hybridized carbons (Fsp3) is 1.00. The Morgan fingerprint density at radius 3 is 1.88 bits per heavy atom. The molecule has 0 fully saturated rings. The average Bonchev–Trinajstić information content (AvgIpc) is 2.37. The highest BCUT2D eigenvalue weighted by molar-refractivity contribution is 4.86. The number of hydrogen-bond acceptors (Lipinski definition) is 4. The normalized spacial score (nSPS) is 15.9. The van der Waals surface area contributed by atoms with Crippen molar-refractivity contribution in [3.63, 3.8) is 0 Å². The summed E-state index contributed by atoms with van der Waals surface area (Å²) in [5.41, 5.74) is -1.17. The van der Waals surface area contributed by atoms with E-state index in [0.29, 0.717) is 12.3 Å². The van der Waals surface area contributed by atoms with Crippen molar-refractivity contribution in [3.05, 3.63) is 0 Å². The lowest BCUT2D eigenvalue weighted by Crippen LogP contribution is -2.46. The molecule has 0 aromatic heterocycles. The van der Waals surface area contributed by atoms with Crippen LogP contribution < -0.4 is 0 Å². The molecule has 0 aliphatic carbocycles. The molecule has 0 aromatic rings. The van der Waals surface area contributed by atoms with Crippen LogP contribution >= 0.6 is 0 Å². The van der Waals surface area contributed by atoms with Crippen molar-refractivity contribution in [3.8, 4) is 0 Å². The van der Waals surface area contributed by atoms with Gasteiger partial charge in [-0.3, -0.25) is 0 Å². The van der Waals surface area contributed by atoms with Gasteiger partial charge in [0, 0.05) is 0 Å². The van der Waals surface area contributed by atoms with E-state index in [2.05, 4.69) is 13.8 Å². The van der Waals surface area contributed by atoms with Crippen LogP contribution in [0.3, 0.4) is 0 Å². The Morgan fingerprint density at radius 1 is 1.00 bits per heavy atom. The standard InChI is InChI=1S/C13H28O4/c1-3-5-6-11(4-2)7-12(17)13(8-14,9-15)10-16/h11-12,14-17H,3-10H2,1-2H3. The summed E-state index contributed by atoms with van der Waals surface area (Å²) in [6.45, 7) is 3.01. The molecular formula is C13H28O4. The van der Waals surface area contributed by atoms with Crippen LogP contribution in [0.2, 0.25) is 0 Å². The molecule has 2 atom stereocenters. The second kappa shape index (κ2) is 8.86. The molecule has 0 aromatic carbocycles. The Balaban J connectivity index is 4.40. The molecule has 0 saturated carbocycles. The minimum absolute atomic E-state index is 0.383. The molecule has 4 heteroatoms. The zero-order chi connectivity index (χ0) is 13.3. The molecule has 4 nitrogen and oxygen atoms in total. The quantitative estimate of drug-likeness (QED) is 0.463. The first-order chi connectivity index (χ1) is 8.10. The molecule has 0 aliphatic rings. The van der Waals surface area contributed by atoms with E-state index in [1.54, 1.807) is 0 Å². The van der Waals surface area contributed by atoms with Crippen LogP contribution in [0.4, 0.5) is 0 Å². The van der Waals surface area contributed by atoms with Crippen LogP contribution in [-0.4, -0.2) is 46.4 Å². The van der Waals surface area contributed by atoms with Gasteiger partial charge in [0.05, 0.1) is 31.3 Å². The number of aliphatic hydroxyl groups excluding tert-OH is 4. The minimum Gasteiger partial charge on any atom is -0.396 e. The van der Waals surface area contributed by atoms with Gasteiger partial charge in [0.1, 0.15) is 0 Å². The highest BCUT2D eigenvalue weighted by Crippen LogP contribution is 2.28. The van der Waals surface area contributed by atoms with Gasteiger partial charge in [0.15, 0.2) is 0 Å². The molecule has 0 radical (unpaired) electrons. The first-order valence-electron chi connectivity index (χ1n) is 6.60. The third-order valence-corrected chi connectivity index (χ3v) is 3.75. The smallest absolute Gasteiger partial charge is 0.0665 e. The van der Waals surface area contributed by atoms with Gasteiger partial charge in [-0.1, -0.05) is 39.5 Å². The lowest BCUT2D eigenvalue weighted by Gasteiger charge is -2.34. The van der Waals surface area contributed by atoms with Crippen LogP contribution in [0.5, 0.6) is 0 Å². The lowest BCUT2D eigenvalue weighted by atomic mass is 9.78. The van der Waals surface area contributed by atoms with Gasteiger partial charge >= 0.3 is 0 Å². The summed E-state index contributed by atoms with van der Waals surface area (Å²) in [4.78, 5) is 0. The Morgan fingerprint density at radius 2 is 1.53 bits per heavy atom. The average molecular weight is 248 g/mol. The molecule has 0 bridgehead atoms. The van der Waals surface area contributed by atoms with Crippen molar-refractivity contribution >= 4 is 0 Å². The molecule has 104 valence electrons. The first-order valence-corrected chi connectivity index (χ1v) is 6.60. The summed E-state index contributed by atoms with van der Waals surface area (Å²) in [5.74, 6) is 0.383. The van der Waals surface area contributed by atoms with E-state index in [9.17, 15) is 20.4 Å². The van der Waals surface area contributed by atoms with E-state index >= 15 is 0 Å². The van der Waals surface area contributed by atoms with Gasteiger partial charge in [-0.25, -0.2) is 0 Å². The molecular weight excluding hydrogens is 220 g/mol. The summed E-state index contributed by atoms with van der Waals surface area (Å²) in [5, 5.41) is 37.8. The number of aliphatic hydroxyl groups is 4. The van der Waals surface area contributed by atoms with Crippen molar-refractivity contribution in [2.75, 3.05) is 19.8 Å². The van der Waals surface area contributed by atoms with E-state index in [4.69, 9.17) is 0 Å². The molecule has 0 spiro atoms. The van der Waals surface area contributed by atoms with Gasteiger partial charge in [-0.2, -0.15) is 0 Å².